The van der Waals surface area contributed by atoms with E-state index in [1.54, 1.807) is 17.7 Å². The minimum Gasteiger partial charge on any atom is -0.370 e. The van der Waals surface area contributed by atoms with E-state index in [9.17, 15) is 9.59 Å². The molecule has 9 nitrogen and oxygen atoms in total. The minimum atomic E-state index is -0.243. The number of aryl methyl sites for hydroxylation is 1. The first-order chi connectivity index (χ1) is 18.9. The van der Waals surface area contributed by atoms with E-state index in [1.807, 2.05) is 12.3 Å². The maximum Gasteiger partial charge on any atom is 0.263 e. The molecule has 39 heavy (non-hydrogen) atoms. The SMILES string of the molecule is CC(=O)c1c(C)c2cnc(Nc3ccc(N4CCC5(CC4)CNC5)cn3)nc2n(C2CCCC2)c1=O.CCC. The van der Waals surface area contributed by atoms with Crippen molar-refractivity contribution in [3.05, 3.63) is 46.0 Å². The molecule has 1 aliphatic carbocycles. The average molecular weight is 532 g/mol. The molecule has 3 fully saturated rings. The van der Waals surface area contributed by atoms with Crippen molar-refractivity contribution in [1.82, 2.24) is 24.8 Å². The molecule has 0 aromatic carbocycles. The zero-order valence-electron chi connectivity index (χ0n) is 23.7. The lowest BCUT2D eigenvalue weighted by Crippen LogP contribution is -2.58. The van der Waals surface area contributed by atoms with Gasteiger partial charge in [0.25, 0.3) is 5.56 Å². The zero-order valence-corrected chi connectivity index (χ0v) is 23.7. The Kier molecular flexibility index (Phi) is 7.98. The Hall–Kier alpha value is -3.33. The molecule has 2 saturated heterocycles. The van der Waals surface area contributed by atoms with E-state index in [1.165, 1.54) is 26.2 Å². The van der Waals surface area contributed by atoms with E-state index in [4.69, 9.17) is 4.98 Å². The van der Waals surface area contributed by atoms with Crippen LogP contribution in [0.4, 0.5) is 17.5 Å². The van der Waals surface area contributed by atoms with Crippen molar-refractivity contribution < 1.29 is 4.79 Å². The van der Waals surface area contributed by atoms with Crippen LogP contribution in [0.1, 0.15) is 87.7 Å². The number of nitrogens with one attached hydrogen (secondary N) is 2. The molecule has 208 valence electrons. The van der Waals surface area contributed by atoms with Gasteiger partial charge in [-0.1, -0.05) is 33.1 Å². The van der Waals surface area contributed by atoms with Crippen LogP contribution in [0.2, 0.25) is 0 Å². The highest BCUT2D eigenvalue weighted by molar-refractivity contribution is 5.99. The van der Waals surface area contributed by atoms with Crippen molar-refractivity contribution in [3.8, 4) is 0 Å². The first-order valence-corrected chi connectivity index (χ1v) is 14.5. The van der Waals surface area contributed by atoms with Gasteiger partial charge in [-0.15, -0.1) is 0 Å². The summed E-state index contributed by atoms with van der Waals surface area (Å²) in [7, 11) is 0. The Bertz CT molecular complexity index is 1380. The summed E-state index contributed by atoms with van der Waals surface area (Å²) in [4.78, 5) is 42.0. The van der Waals surface area contributed by atoms with Crippen LogP contribution in [0, 0.1) is 12.3 Å². The summed E-state index contributed by atoms with van der Waals surface area (Å²) in [6.45, 7) is 11.9. The Morgan fingerprint density at radius 3 is 2.36 bits per heavy atom. The number of fused-ring (bicyclic) bond motifs is 1. The van der Waals surface area contributed by atoms with Crippen LogP contribution in [0.3, 0.4) is 0 Å². The number of hydrogen-bond donors (Lipinski definition) is 2. The van der Waals surface area contributed by atoms with E-state index < -0.39 is 0 Å². The molecular weight excluding hydrogens is 490 g/mol. The van der Waals surface area contributed by atoms with Crippen molar-refractivity contribution in [2.75, 3.05) is 36.4 Å². The maximum atomic E-state index is 13.4. The summed E-state index contributed by atoms with van der Waals surface area (Å²) in [5.41, 5.74) is 2.87. The van der Waals surface area contributed by atoms with Crippen molar-refractivity contribution in [3.63, 3.8) is 0 Å². The first-order valence-electron chi connectivity index (χ1n) is 14.5. The summed E-state index contributed by atoms with van der Waals surface area (Å²) in [5, 5.41) is 7.37. The average Bonchev–Trinajstić information content (AvgIpc) is 3.43. The number of anilines is 3. The van der Waals surface area contributed by atoms with Crippen LogP contribution in [0.5, 0.6) is 0 Å². The number of ketones is 1. The zero-order chi connectivity index (χ0) is 27.6. The minimum absolute atomic E-state index is 0.0539. The number of nitrogens with zero attached hydrogens (tertiary/aromatic N) is 5. The molecule has 2 aliphatic heterocycles. The van der Waals surface area contributed by atoms with Crippen LogP contribution < -0.4 is 21.1 Å². The summed E-state index contributed by atoms with van der Waals surface area (Å²) in [6.07, 6.45) is 11.3. The normalized spacial score (nSPS) is 18.5. The van der Waals surface area contributed by atoms with Crippen molar-refractivity contribution in [2.45, 2.75) is 78.7 Å². The summed E-state index contributed by atoms with van der Waals surface area (Å²) in [6, 6.07) is 4.09. The van der Waals surface area contributed by atoms with E-state index in [2.05, 4.69) is 45.4 Å². The Morgan fingerprint density at radius 1 is 1.10 bits per heavy atom. The van der Waals surface area contributed by atoms with Gasteiger partial charge in [-0.25, -0.2) is 9.97 Å². The van der Waals surface area contributed by atoms with Gasteiger partial charge in [-0.3, -0.25) is 14.2 Å². The molecule has 3 aromatic rings. The Balaban J connectivity index is 0.000000983. The molecule has 0 amide bonds. The second kappa shape index (κ2) is 11.4. The quantitative estimate of drug-likeness (QED) is 0.435. The maximum absolute atomic E-state index is 13.4. The molecule has 9 heteroatoms. The van der Waals surface area contributed by atoms with Crippen LogP contribution in [0.25, 0.3) is 11.0 Å². The van der Waals surface area contributed by atoms with Gasteiger partial charge in [0.15, 0.2) is 5.78 Å². The molecule has 3 aliphatic rings. The second-order valence-corrected chi connectivity index (χ2v) is 11.4. The summed E-state index contributed by atoms with van der Waals surface area (Å²) in [5.74, 6) is 0.828. The van der Waals surface area contributed by atoms with E-state index in [-0.39, 0.29) is 22.9 Å². The van der Waals surface area contributed by atoms with E-state index in [0.29, 0.717) is 28.4 Å². The highest BCUT2D eigenvalue weighted by atomic mass is 16.1. The largest absolute Gasteiger partial charge is 0.370 e. The fraction of sp³-hybridized carbons (Fsp3) is 0.567. The van der Waals surface area contributed by atoms with Gasteiger partial charge in [-0.05, 0) is 62.6 Å². The number of Topliss-reactive ketones (excluding diaryl/α,β-unsaturated/α-hetero) is 1. The van der Waals surface area contributed by atoms with Gasteiger partial charge in [0.05, 0.1) is 17.4 Å². The number of aromatic nitrogens is 4. The van der Waals surface area contributed by atoms with Gasteiger partial charge in [0.1, 0.15) is 11.5 Å². The smallest absolute Gasteiger partial charge is 0.263 e. The Morgan fingerprint density at radius 2 is 1.79 bits per heavy atom. The molecule has 6 rings (SSSR count). The number of hydrogen-bond acceptors (Lipinski definition) is 8. The number of carbonyl (C=O) groups excluding carboxylic acids is 1. The van der Waals surface area contributed by atoms with E-state index >= 15 is 0 Å². The van der Waals surface area contributed by atoms with Gasteiger partial charge in [0.2, 0.25) is 5.95 Å². The van der Waals surface area contributed by atoms with Crippen molar-refractivity contribution in [2.24, 2.45) is 5.41 Å². The number of carbonyl (C=O) groups is 1. The monoisotopic (exact) mass is 531 g/mol. The molecule has 0 radical (unpaired) electrons. The third kappa shape index (κ3) is 5.41. The first kappa shape index (κ1) is 27.2. The molecule has 0 atom stereocenters. The predicted molar refractivity (Wildman–Crippen MR) is 156 cm³/mol. The van der Waals surface area contributed by atoms with Crippen molar-refractivity contribution in [1.29, 1.82) is 0 Å². The fourth-order valence-corrected chi connectivity index (χ4v) is 6.14. The standard InChI is InChI=1S/C27H33N7O2.C3H8/c1-17-21-14-30-26(32-24(21)34(19-5-3-4-6-19)25(36)23(17)18(2)35)31-22-8-7-20(13-29-22)33-11-9-27(10-12-33)15-28-16-27;1-3-2/h7-8,13-14,19,28H,3-6,9-12,15-16H2,1-2H3,(H,29,30,31,32);3H2,1-2H3. The molecule has 2 N–H and O–H groups in total. The lowest BCUT2D eigenvalue weighted by atomic mass is 9.73. The third-order valence-corrected chi connectivity index (χ3v) is 8.43. The van der Waals surface area contributed by atoms with Gasteiger partial charge in [0, 0.05) is 43.8 Å². The van der Waals surface area contributed by atoms with Crippen LogP contribution in [0.15, 0.2) is 29.3 Å². The number of rotatable bonds is 5. The van der Waals surface area contributed by atoms with Gasteiger partial charge in [-0.2, -0.15) is 4.98 Å². The van der Waals surface area contributed by atoms with E-state index in [0.717, 1.165) is 62.9 Å². The number of piperidine rings is 1. The predicted octanol–water partition coefficient (Wildman–Crippen LogP) is 5.16. The van der Waals surface area contributed by atoms with Gasteiger partial charge < -0.3 is 15.5 Å². The molecule has 5 heterocycles. The Labute approximate surface area is 230 Å². The number of pyridine rings is 2. The van der Waals surface area contributed by atoms with Crippen LogP contribution >= 0.6 is 0 Å². The molecule has 1 spiro atoms. The summed E-state index contributed by atoms with van der Waals surface area (Å²) >= 11 is 0. The van der Waals surface area contributed by atoms with Crippen molar-refractivity contribution >= 4 is 34.3 Å². The summed E-state index contributed by atoms with van der Waals surface area (Å²) < 4.78 is 1.73. The molecule has 3 aromatic heterocycles. The third-order valence-electron chi connectivity index (χ3n) is 8.43. The molecule has 1 saturated carbocycles. The lowest BCUT2D eigenvalue weighted by Gasteiger charge is -2.48. The van der Waals surface area contributed by atoms with Gasteiger partial charge >= 0.3 is 0 Å². The molecular formula is C30H41N7O2. The lowest BCUT2D eigenvalue weighted by molar-refractivity contribution is 0.101. The topological polar surface area (TPSA) is 105 Å². The highest BCUT2D eigenvalue weighted by Gasteiger charge is 2.39. The van der Waals surface area contributed by atoms with Crippen LogP contribution in [-0.4, -0.2) is 51.5 Å². The molecule has 0 unspecified atom stereocenters. The highest BCUT2D eigenvalue weighted by Crippen LogP contribution is 2.36. The van der Waals surface area contributed by atoms with Crippen LogP contribution in [-0.2, 0) is 0 Å². The second-order valence-electron chi connectivity index (χ2n) is 11.4. The molecule has 0 bridgehead atoms. The fourth-order valence-electron chi connectivity index (χ4n) is 6.14.